The van der Waals surface area contributed by atoms with Gasteiger partial charge in [0.25, 0.3) is 0 Å². The number of pyridine rings is 1. The Hall–Kier alpha value is -1.09. The summed E-state index contributed by atoms with van der Waals surface area (Å²) in [5.74, 6) is 1.10. The van der Waals surface area contributed by atoms with Crippen LogP contribution in [-0.4, -0.2) is 24.1 Å². The lowest BCUT2D eigenvalue weighted by atomic mass is 10.1. The number of aryl methyl sites for hydroxylation is 1. The van der Waals surface area contributed by atoms with Crippen molar-refractivity contribution in [1.29, 1.82) is 0 Å². The molecule has 3 heteroatoms. The highest BCUT2D eigenvalue weighted by atomic mass is 15.2. The second kappa shape index (κ2) is 7.37. The zero-order chi connectivity index (χ0) is 13.5. The topological polar surface area (TPSA) is 28.2 Å². The minimum atomic E-state index is 0.543. The van der Waals surface area contributed by atoms with Crippen LogP contribution in [0.2, 0.25) is 0 Å². The SMILES string of the molecule is CCNCc1ccc(N(CC)C(C)CC)nc1C. The molecule has 1 aromatic heterocycles. The van der Waals surface area contributed by atoms with Gasteiger partial charge in [-0.1, -0.05) is 19.9 Å². The van der Waals surface area contributed by atoms with Gasteiger partial charge in [0.05, 0.1) is 0 Å². The van der Waals surface area contributed by atoms with Crippen LogP contribution in [0.15, 0.2) is 12.1 Å². The number of nitrogens with one attached hydrogen (secondary N) is 1. The highest BCUT2D eigenvalue weighted by Crippen LogP contribution is 2.18. The molecular weight excluding hydrogens is 222 g/mol. The van der Waals surface area contributed by atoms with Crippen molar-refractivity contribution >= 4 is 5.82 Å². The lowest BCUT2D eigenvalue weighted by Gasteiger charge is -2.28. The zero-order valence-electron chi connectivity index (χ0n) is 12.5. The van der Waals surface area contributed by atoms with E-state index in [1.54, 1.807) is 0 Å². The molecule has 3 nitrogen and oxygen atoms in total. The van der Waals surface area contributed by atoms with Crippen molar-refractivity contribution in [3.63, 3.8) is 0 Å². The number of hydrogen-bond donors (Lipinski definition) is 1. The summed E-state index contributed by atoms with van der Waals surface area (Å²) in [4.78, 5) is 7.12. The van der Waals surface area contributed by atoms with Crippen molar-refractivity contribution in [2.24, 2.45) is 0 Å². The zero-order valence-corrected chi connectivity index (χ0v) is 12.5. The van der Waals surface area contributed by atoms with Gasteiger partial charge in [0.15, 0.2) is 0 Å². The van der Waals surface area contributed by atoms with Crippen molar-refractivity contribution in [1.82, 2.24) is 10.3 Å². The van der Waals surface area contributed by atoms with E-state index >= 15 is 0 Å². The van der Waals surface area contributed by atoms with Crippen molar-refractivity contribution in [3.8, 4) is 0 Å². The molecule has 1 atom stereocenters. The van der Waals surface area contributed by atoms with Crippen LogP contribution in [0.1, 0.15) is 45.4 Å². The summed E-state index contributed by atoms with van der Waals surface area (Å²) in [6.45, 7) is 13.8. The molecule has 1 unspecified atom stereocenters. The summed E-state index contributed by atoms with van der Waals surface area (Å²) < 4.78 is 0. The molecular formula is C15H27N3. The van der Waals surface area contributed by atoms with Crippen molar-refractivity contribution < 1.29 is 0 Å². The van der Waals surface area contributed by atoms with Crippen LogP contribution >= 0.6 is 0 Å². The van der Waals surface area contributed by atoms with Crippen LogP contribution in [0, 0.1) is 6.92 Å². The van der Waals surface area contributed by atoms with Gasteiger partial charge in [-0.3, -0.25) is 0 Å². The Morgan fingerprint density at radius 1 is 1.28 bits per heavy atom. The van der Waals surface area contributed by atoms with Gasteiger partial charge in [0, 0.05) is 24.8 Å². The van der Waals surface area contributed by atoms with Gasteiger partial charge in [0.1, 0.15) is 5.82 Å². The lowest BCUT2D eigenvalue weighted by Crippen LogP contribution is -2.33. The van der Waals surface area contributed by atoms with E-state index < -0.39 is 0 Å². The summed E-state index contributed by atoms with van der Waals surface area (Å²) >= 11 is 0. The normalized spacial score (nSPS) is 12.5. The van der Waals surface area contributed by atoms with Gasteiger partial charge in [-0.2, -0.15) is 0 Å². The van der Waals surface area contributed by atoms with Gasteiger partial charge in [-0.05, 0) is 45.4 Å². The van der Waals surface area contributed by atoms with E-state index in [0.717, 1.165) is 37.6 Å². The van der Waals surface area contributed by atoms with E-state index in [4.69, 9.17) is 4.98 Å². The molecule has 0 aromatic carbocycles. The number of nitrogens with zero attached hydrogens (tertiary/aromatic N) is 2. The monoisotopic (exact) mass is 249 g/mol. The molecule has 0 aliphatic carbocycles. The second-order valence-corrected chi connectivity index (χ2v) is 4.74. The lowest BCUT2D eigenvalue weighted by molar-refractivity contribution is 0.621. The fourth-order valence-corrected chi connectivity index (χ4v) is 2.10. The summed E-state index contributed by atoms with van der Waals surface area (Å²) in [6.07, 6.45) is 1.15. The molecule has 102 valence electrons. The fourth-order valence-electron chi connectivity index (χ4n) is 2.10. The molecule has 0 bridgehead atoms. The van der Waals surface area contributed by atoms with Crippen molar-refractivity contribution in [2.45, 2.75) is 53.6 Å². The number of hydrogen-bond acceptors (Lipinski definition) is 3. The van der Waals surface area contributed by atoms with Crippen molar-refractivity contribution in [3.05, 3.63) is 23.4 Å². The molecule has 1 heterocycles. The van der Waals surface area contributed by atoms with Crippen LogP contribution in [-0.2, 0) is 6.54 Å². The second-order valence-electron chi connectivity index (χ2n) is 4.74. The number of anilines is 1. The van der Waals surface area contributed by atoms with Crippen LogP contribution in [0.4, 0.5) is 5.82 Å². The molecule has 1 rings (SSSR count). The van der Waals surface area contributed by atoms with E-state index in [-0.39, 0.29) is 0 Å². The highest BCUT2D eigenvalue weighted by molar-refractivity contribution is 5.42. The molecule has 1 N–H and O–H groups in total. The third-order valence-corrected chi connectivity index (χ3v) is 3.50. The first kappa shape index (κ1) is 15.0. The molecule has 0 saturated heterocycles. The van der Waals surface area contributed by atoms with Crippen LogP contribution in [0.3, 0.4) is 0 Å². The minimum absolute atomic E-state index is 0.543. The van der Waals surface area contributed by atoms with Crippen molar-refractivity contribution in [2.75, 3.05) is 18.0 Å². The molecule has 0 aliphatic rings. The van der Waals surface area contributed by atoms with Crippen LogP contribution < -0.4 is 10.2 Å². The van der Waals surface area contributed by atoms with E-state index in [0.29, 0.717) is 6.04 Å². The molecule has 0 amide bonds. The highest BCUT2D eigenvalue weighted by Gasteiger charge is 2.13. The summed E-state index contributed by atoms with van der Waals surface area (Å²) in [6, 6.07) is 4.89. The Bertz CT molecular complexity index is 363. The molecule has 1 aromatic rings. The van der Waals surface area contributed by atoms with Gasteiger partial charge < -0.3 is 10.2 Å². The van der Waals surface area contributed by atoms with Crippen LogP contribution in [0.5, 0.6) is 0 Å². The van der Waals surface area contributed by atoms with Gasteiger partial charge in [-0.25, -0.2) is 4.98 Å². The summed E-state index contributed by atoms with van der Waals surface area (Å²) in [5, 5.41) is 3.35. The Morgan fingerprint density at radius 2 is 2.00 bits per heavy atom. The Labute approximate surface area is 112 Å². The van der Waals surface area contributed by atoms with E-state index in [9.17, 15) is 0 Å². The van der Waals surface area contributed by atoms with Gasteiger partial charge in [0.2, 0.25) is 0 Å². The molecule has 0 aliphatic heterocycles. The largest absolute Gasteiger partial charge is 0.354 e. The van der Waals surface area contributed by atoms with E-state index in [1.807, 2.05) is 0 Å². The van der Waals surface area contributed by atoms with Gasteiger partial charge >= 0.3 is 0 Å². The third-order valence-electron chi connectivity index (χ3n) is 3.50. The molecule has 0 spiro atoms. The standard InChI is InChI=1S/C15H27N3/c1-6-12(4)18(8-3)15-10-9-14(11-16-7-2)13(5)17-15/h9-10,12,16H,6-8,11H2,1-5H3. The minimum Gasteiger partial charge on any atom is -0.354 e. The predicted molar refractivity (Wildman–Crippen MR) is 79.1 cm³/mol. The summed E-state index contributed by atoms with van der Waals surface area (Å²) in [7, 11) is 0. The molecule has 0 radical (unpaired) electrons. The first-order valence-corrected chi connectivity index (χ1v) is 7.07. The number of rotatable bonds is 7. The first-order chi connectivity index (χ1) is 8.63. The van der Waals surface area contributed by atoms with Crippen LogP contribution in [0.25, 0.3) is 0 Å². The first-order valence-electron chi connectivity index (χ1n) is 7.07. The van der Waals surface area contributed by atoms with E-state index in [2.05, 4.69) is 57.0 Å². The quantitative estimate of drug-likeness (QED) is 0.804. The third kappa shape index (κ3) is 3.70. The molecule has 0 saturated carbocycles. The van der Waals surface area contributed by atoms with Gasteiger partial charge in [-0.15, -0.1) is 0 Å². The smallest absolute Gasteiger partial charge is 0.129 e. The predicted octanol–water partition coefficient (Wildman–Crippen LogP) is 3.12. The van der Waals surface area contributed by atoms with E-state index in [1.165, 1.54) is 5.56 Å². The molecule has 0 fully saturated rings. The average Bonchev–Trinajstić information content (AvgIpc) is 2.38. The Morgan fingerprint density at radius 3 is 2.50 bits per heavy atom. The maximum absolute atomic E-state index is 4.75. The molecule has 18 heavy (non-hydrogen) atoms. The Balaban J connectivity index is 2.87. The maximum atomic E-state index is 4.75. The number of aromatic nitrogens is 1. The average molecular weight is 249 g/mol. The summed E-state index contributed by atoms with van der Waals surface area (Å²) in [5.41, 5.74) is 2.43. The Kier molecular flexibility index (Phi) is 6.13. The maximum Gasteiger partial charge on any atom is 0.129 e. The fraction of sp³-hybridized carbons (Fsp3) is 0.667.